The first-order valence-electron chi connectivity index (χ1n) is 4.99. The minimum absolute atomic E-state index is 0.0104. The molecule has 0 radical (unpaired) electrons. The fraction of sp³-hybridized carbons (Fsp3) is 0.500. The van der Waals surface area contributed by atoms with E-state index < -0.39 is 11.9 Å². The van der Waals surface area contributed by atoms with Crippen molar-refractivity contribution in [2.75, 3.05) is 5.73 Å². The van der Waals surface area contributed by atoms with Crippen LogP contribution in [0.4, 0.5) is 18.9 Å². The molecule has 1 fully saturated rings. The van der Waals surface area contributed by atoms with Gasteiger partial charge in [0.25, 0.3) is 5.56 Å². The molecule has 1 saturated carbocycles. The molecule has 1 aliphatic rings. The molecule has 88 valence electrons. The van der Waals surface area contributed by atoms with Gasteiger partial charge in [0.05, 0.1) is 0 Å². The number of aromatic nitrogens is 1. The lowest BCUT2D eigenvalue weighted by Crippen LogP contribution is -2.35. The number of rotatable bonds is 1. The lowest BCUT2D eigenvalue weighted by Gasteiger charge is -2.29. The van der Waals surface area contributed by atoms with Crippen LogP contribution in [0.25, 0.3) is 0 Å². The second kappa shape index (κ2) is 3.54. The van der Waals surface area contributed by atoms with E-state index in [0.29, 0.717) is 12.8 Å². The Balaban J connectivity index is 2.60. The molecule has 0 saturated heterocycles. The van der Waals surface area contributed by atoms with Crippen LogP contribution in [0.5, 0.6) is 0 Å². The van der Waals surface area contributed by atoms with Gasteiger partial charge in [0.15, 0.2) is 0 Å². The second-order valence-corrected chi connectivity index (χ2v) is 3.98. The first kappa shape index (κ1) is 11.0. The van der Waals surface area contributed by atoms with Crippen molar-refractivity contribution in [2.45, 2.75) is 31.5 Å². The summed E-state index contributed by atoms with van der Waals surface area (Å²) in [6, 6.07) is 2.05. The molecular weight excluding hydrogens is 221 g/mol. The first-order chi connectivity index (χ1) is 7.39. The van der Waals surface area contributed by atoms with Crippen molar-refractivity contribution in [1.82, 2.24) is 4.57 Å². The molecule has 0 aromatic carbocycles. The monoisotopic (exact) mass is 232 g/mol. The molecular formula is C10H11F3N2O. The van der Waals surface area contributed by atoms with Crippen LogP contribution < -0.4 is 11.3 Å². The van der Waals surface area contributed by atoms with E-state index >= 15 is 0 Å². The molecule has 0 atom stereocenters. The smallest absolute Gasteiger partial charge is 0.399 e. The van der Waals surface area contributed by atoms with Crippen molar-refractivity contribution < 1.29 is 13.2 Å². The summed E-state index contributed by atoms with van der Waals surface area (Å²) in [5.41, 5.74) is 4.38. The van der Waals surface area contributed by atoms with Gasteiger partial charge in [-0.05, 0) is 24.8 Å². The fourth-order valence-electron chi connectivity index (χ4n) is 1.89. The molecule has 0 amide bonds. The minimum Gasteiger partial charge on any atom is -0.399 e. The van der Waals surface area contributed by atoms with Crippen LogP contribution in [-0.2, 0) is 6.30 Å². The molecule has 0 spiro atoms. The number of hydrogen-bond acceptors (Lipinski definition) is 2. The predicted octanol–water partition coefficient (Wildman–Crippen LogP) is 2.17. The Hall–Kier alpha value is -1.46. The normalized spacial score (nSPS) is 17.2. The van der Waals surface area contributed by atoms with Crippen LogP contribution in [0.2, 0.25) is 0 Å². The molecule has 0 unspecified atom stereocenters. The first-order valence-corrected chi connectivity index (χ1v) is 4.99. The van der Waals surface area contributed by atoms with E-state index in [1.807, 2.05) is 0 Å². The van der Waals surface area contributed by atoms with Crippen LogP contribution in [0.3, 0.4) is 0 Å². The van der Waals surface area contributed by atoms with Gasteiger partial charge >= 0.3 is 6.30 Å². The second-order valence-electron chi connectivity index (χ2n) is 3.98. The number of nitrogens with zero attached hydrogens (tertiary/aromatic N) is 1. The fourth-order valence-corrected chi connectivity index (χ4v) is 1.89. The quantitative estimate of drug-likeness (QED) is 0.806. The summed E-state index contributed by atoms with van der Waals surface area (Å²) in [5, 5.41) is 0. The highest BCUT2D eigenvalue weighted by atomic mass is 19.4. The Morgan fingerprint density at radius 3 is 2.38 bits per heavy atom. The lowest BCUT2D eigenvalue weighted by molar-refractivity contribution is -0.208. The average molecular weight is 232 g/mol. The van der Waals surface area contributed by atoms with Gasteiger partial charge in [0.1, 0.15) is 0 Å². The Labute approximate surface area is 89.7 Å². The standard InChI is InChI=1S/C10H11F3N2O/c11-10(12,13)15-8(6-2-1-3-6)4-7(14)5-9(15)16/h4-6H,1-3,14H2. The van der Waals surface area contributed by atoms with Gasteiger partial charge in [-0.25, -0.2) is 4.57 Å². The van der Waals surface area contributed by atoms with Crippen LogP contribution in [0, 0.1) is 0 Å². The third-order valence-corrected chi connectivity index (χ3v) is 2.86. The van der Waals surface area contributed by atoms with Crippen molar-refractivity contribution in [1.29, 1.82) is 0 Å². The van der Waals surface area contributed by atoms with Crippen molar-refractivity contribution >= 4 is 5.69 Å². The van der Waals surface area contributed by atoms with Gasteiger partial charge in [-0.15, -0.1) is 13.2 Å². The summed E-state index contributed by atoms with van der Waals surface area (Å²) in [6.45, 7) is 0. The zero-order chi connectivity index (χ0) is 11.9. The number of pyridine rings is 1. The van der Waals surface area contributed by atoms with E-state index in [9.17, 15) is 18.0 Å². The maximum Gasteiger partial charge on any atom is 0.491 e. The topological polar surface area (TPSA) is 48.0 Å². The van der Waals surface area contributed by atoms with Crippen molar-refractivity contribution in [3.8, 4) is 0 Å². The highest BCUT2D eigenvalue weighted by Crippen LogP contribution is 2.38. The third-order valence-electron chi connectivity index (χ3n) is 2.86. The molecule has 2 rings (SSSR count). The van der Waals surface area contributed by atoms with Crippen LogP contribution in [0.15, 0.2) is 16.9 Å². The highest BCUT2D eigenvalue weighted by molar-refractivity contribution is 5.39. The number of nitrogens with two attached hydrogens (primary N) is 1. The number of hydrogen-bond donors (Lipinski definition) is 1. The Bertz CT molecular complexity index is 460. The molecule has 1 aromatic heterocycles. The summed E-state index contributed by atoms with van der Waals surface area (Å²) in [4.78, 5) is 11.3. The maximum absolute atomic E-state index is 12.7. The molecule has 1 aliphatic carbocycles. The summed E-state index contributed by atoms with van der Waals surface area (Å²) in [6.07, 6.45) is -2.42. The van der Waals surface area contributed by atoms with Gasteiger partial charge in [-0.1, -0.05) is 6.42 Å². The lowest BCUT2D eigenvalue weighted by atomic mass is 9.82. The van der Waals surface area contributed by atoms with E-state index in [1.54, 1.807) is 0 Å². The Kier molecular flexibility index (Phi) is 2.44. The molecule has 2 N–H and O–H groups in total. The maximum atomic E-state index is 12.7. The van der Waals surface area contributed by atoms with Gasteiger partial charge in [0, 0.05) is 17.4 Å². The molecule has 1 heterocycles. The van der Waals surface area contributed by atoms with Crippen molar-refractivity contribution in [3.05, 3.63) is 28.2 Å². The molecule has 0 aliphatic heterocycles. The molecule has 6 heteroatoms. The van der Waals surface area contributed by atoms with Crippen LogP contribution in [-0.4, -0.2) is 4.57 Å². The van der Waals surface area contributed by atoms with E-state index in [2.05, 4.69) is 0 Å². The average Bonchev–Trinajstić information content (AvgIpc) is 1.94. The van der Waals surface area contributed by atoms with Crippen molar-refractivity contribution in [2.24, 2.45) is 0 Å². The van der Waals surface area contributed by atoms with E-state index in [4.69, 9.17) is 5.73 Å². The van der Waals surface area contributed by atoms with Crippen molar-refractivity contribution in [3.63, 3.8) is 0 Å². The van der Waals surface area contributed by atoms with Crippen LogP contribution >= 0.6 is 0 Å². The summed E-state index contributed by atoms with van der Waals surface area (Å²) in [7, 11) is 0. The van der Waals surface area contributed by atoms with Gasteiger partial charge < -0.3 is 5.73 Å². The number of nitrogen functional groups attached to an aromatic ring is 1. The van der Waals surface area contributed by atoms with E-state index in [1.165, 1.54) is 6.07 Å². The Morgan fingerprint density at radius 1 is 1.31 bits per heavy atom. The van der Waals surface area contributed by atoms with E-state index in [-0.39, 0.29) is 21.9 Å². The zero-order valence-corrected chi connectivity index (χ0v) is 8.42. The highest BCUT2D eigenvalue weighted by Gasteiger charge is 2.37. The van der Waals surface area contributed by atoms with E-state index in [0.717, 1.165) is 12.5 Å². The molecule has 1 aromatic rings. The number of halogens is 3. The number of anilines is 1. The summed E-state index contributed by atoms with van der Waals surface area (Å²) in [5.74, 6) is -0.196. The Morgan fingerprint density at radius 2 is 1.94 bits per heavy atom. The predicted molar refractivity (Wildman–Crippen MR) is 53.0 cm³/mol. The SMILES string of the molecule is Nc1cc(C2CCC2)n(C(F)(F)F)c(=O)c1. The summed E-state index contributed by atoms with van der Waals surface area (Å²) < 4.78 is 37.9. The molecule has 0 bridgehead atoms. The largest absolute Gasteiger partial charge is 0.491 e. The number of alkyl halides is 3. The third kappa shape index (κ3) is 1.79. The summed E-state index contributed by atoms with van der Waals surface area (Å²) >= 11 is 0. The van der Waals surface area contributed by atoms with Gasteiger partial charge in [-0.2, -0.15) is 0 Å². The molecule has 3 nitrogen and oxygen atoms in total. The zero-order valence-electron chi connectivity index (χ0n) is 8.42. The molecule has 16 heavy (non-hydrogen) atoms. The van der Waals surface area contributed by atoms with Gasteiger partial charge in [-0.3, -0.25) is 4.79 Å². The van der Waals surface area contributed by atoms with Gasteiger partial charge in [0.2, 0.25) is 0 Å². The van der Waals surface area contributed by atoms with Crippen LogP contribution in [0.1, 0.15) is 30.9 Å². The minimum atomic E-state index is -4.67.